The predicted molar refractivity (Wildman–Crippen MR) is 125 cm³/mol. The molecule has 1 aliphatic rings. The van der Waals surface area contributed by atoms with Crippen LogP contribution in [0, 0.1) is 5.82 Å². The van der Waals surface area contributed by atoms with Crippen molar-refractivity contribution < 1.29 is 27.1 Å². The molecule has 0 saturated carbocycles. The molecule has 0 aromatic heterocycles. The van der Waals surface area contributed by atoms with E-state index in [-0.39, 0.29) is 35.4 Å². The Hall–Kier alpha value is -2.40. The van der Waals surface area contributed by atoms with E-state index in [4.69, 9.17) is 21.1 Å². The smallest absolute Gasteiger partial charge is 0.262 e. The molecule has 0 unspecified atom stereocenters. The molecule has 1 aliphatic heterocycles. The van der Waals surface area contributed by atoms with Crippen molar-refractivity contribution in [2.45, 2.75) is 18.7 Å². The van der Waals surface area contributed by atoms with Crippen molar-refractivity contribution in [2.24, 2.45) is 0 Å². The summed E-state index contributed by atoms with van der Waals surface area (Å²) in [7, 11) is -3.74. The van der Waals surface area contributed by atoms with E-state index in [0.717, 1.165) is 6.07 Å². The number of rotatable bonds is 9. The van der Waals surface area contributed by atoms with Gasteiger partial charge in [-0.05, 0) is 50.2 Å². The van der Waals surface area contributed by atoms with Crippen LogP contribution in [0.25, 0.3) is 0 Å². The zero-order valence-corrected chi connectivity index (χ0v) is 20.1. The summed E-state index contributed by atoms with van der Waals surface area (Å²) < 4.78 is 51.4. The second-order valence-electron chi connectivity index (χ2n) is 7.28. The highest BCUT2D eigenvalue weighted by Gasteiger charge is 2.27. The molecule has 33 heavy (non-hydrogen) atoms. The number of carbonyl (C=O) groups is 1. The Kier molecular flexibility index (Phi) is 8.52. The molecule has 3 rings (SSSR count). The quantitative estimate of drug-likeness (QED) is 0.569. The van der Waals surface area contributed by atoms with Crippen molar-refractivity contribution in [2.75, 3.05) is 56.2 Å². The van der Waals surface area contributed by atoms with Crippen molar-refractivity contribution in [1.82, 2.24) is 4.31 Å². The van der Waals surface area contributed by atoms with Gasteiger partial charge in [0.15, 0.2) is 6.61 Å². The van der Waals surface area contributed by atoms with E-state index in [1.54, 1.807) is 12.1 Å². The molecule has 2 aromatic rings. The molecule has 0 atom stereocenters. The third kappa shape index (κ3) is 6.14. The predicted octanol–water partition coefficient (Wildman–Crippen LogP) is 3.36. The lowest BCUT2D eigenvalue weighted by molar-refractivity contribution is -0.118. The first-order valence-electron chi connectivity index (χ1n) is 10.6. The normalized spacial score (nSPS) is 14.7. The van der Waals surface area contributed by atoms with E-state index in [9.17, 15) is 17.6 Å². The average molecular weight is 500 g/mol. The van der Waals surface area contributed by atoms with E-state index >= 15 is 0 Å². The molecule has 1 fully saturated rings. The maximum absolute atomic E-state index is 13.2. The minimum absolute atomic E-state index is 0.0465. The Bertz CT molecular complexity index is 1090. The highest BCUT2D eigenvalue weighted by molar-refractivity contribution is 7.89. The number of benzene rings is 2. The highest BCUT2D eigenvalue weighted by atomic mass is 35.5. The SMILES string of the molecule is CCN(CC)c1ccc(S(=O)(=O)N2CCOCC2)cc1NC(=O)COc1ccc(F)cc1Cl. The van der Waals surface area contributed by atoms with Gasteiger partial charge in [0.25, 0.3) is 5.91 Å². The number of amides is 1. The topological polar surface area (TPSA) is 88.2 Å². The number of carbonyl (C=O) groups excluding carboxylic acids is 1. The van der Waals surface area contributed by atoms with Crippen molar-refractivity contribution in [1.29, 1.82) is 0 Å². The number of anilines is 2. The highest BCUT2D eigenvalue weighted by Crippen LogP contribution is 2.31. The Labute approximate surface area is 198 Å². The van der Waals surface area contributed by atoms with Crippen LogP contribution in [0.1, 0.15) is 13.8 Å². The number of hydrogen-bond acceptors (Lipinski definition) is 6. The second kappa shape index (κ2) is 11.1. The summed E-state index contributed by atoms with van der Waals surface area (Å²) >= 11 is 5.94. The van der Waals surface area contributed by atoms with Crippen LogP contribution in [0.4, 0.5) is 15.8 Å². The Morgan fingerprint density at radius 1 is 1.18 bits per heavy atom. The van der Waals surface area contributed by atoms with Gasteiger partial charge in [0.1, 0.15) is 11.6 Å². The van der Waals surface area contributed by atoms with Crippen LogP contribution >= 0.6 is 11.6 Å². The molecule has 8 nitrogen and oxygen atoms in total. The molecule has 0 spiro atoms. The zero-order chi connectivity index (χ0) is 24.0. The fourth-order valence-corrected chi connectivity index (χ4v) is 5.13. The van der Waals surface area contributed by atoms with Gasteiger partial charge in [-0.15, -0.1) is 0 Å². The standard InChI is InChI=1S/C22H27ClFN3O5S/c1-3-26(4-2)20-7-6-17(33(29,30)27-9-11-31-12-10-27)14-19(20)25-22(28)15-32-21-8-5-16(24)13-18(21)23/h5-8,13-14H,3-4,9-12,15H2,1-2H3,(H,25,28). The minimum Gasteiger partial charge on any atom is -0.482 e. The molecule has 1 N–H and O–H groups in total. The van der Waals surface area contributed by atoms with Crippen molar-refractivity contribution >= 4 is 38.9 Å². The van der Waals surface area contributed by atoms with Gasteiger partial charge in [0, 0.05) is 26.2 Å². The number of sulfonamides is 1. The third-order valence-electron chi connectivity index (χ3n) is 5.21. The van der Waals surface area contributed by atoms with Crippen LogP contribution in [-0.4, -0.2) is 64.6 Å². The van der Waals surface area contributed by atoms with Crippen LogP contribution in [0.15, 0.2) is 41.3 Å². The van der Waals surface area contributed by atoms with Gasteiger partial charge in [0.05, 0.1) is 34.5 Å². The Balaban J connectivity index is 1.84. The minimum atomic E-state index is -3.74. The molecule has 11 heteroatoms. The van der Waals surface area contributed by atoms with E-state index in [0.29, 0.717) is 37.7 Å². The largest absolute Gasteiger partial charge is 0.482 e. The summed E-state index contributed by atoms with van der Waals surface area (Å²) in [5.74, 6) is -0.857. The fraction of sp³-hybridized carbons (Fsp3) is 0.409. The first kappa shape index (κ1) is 25.2. The molecule has 1 amide bonds. The molecule has 0 aliphatic carbocycles. The number of morpholine rings is 1. The molecular formula is C22H27ClFN3O5S. The van der Waals surface area contributed by atoms with Gasteiger partial charge in [-0.3, -0.25) is 4.79 Å². The van der Waals surface area contributed by atoms with Crippen LogP contribution in [0.3, 0.4) is 0 Å². The van der Waals surface area contributed by atoms with Crippen LogP contribution in [0.2, 0.25) is 5.02 Å². The van der Waals surface area contributed by atoms with Gasteiger partial charge < -0.3 is 19.7 Å². The molecule has 180 valence electrons. The summed E-state index contributed by atoms with van der Waals surface area (Å²) in [6, 6.07) is 8.30. The molecule has 0 bridgehead atoms. The summed E-state index contributed by atoms with van der Waals surface area (Å²) in [6.45, 7) is 6.09. The van der Waals surface area contributed by atoms with Gasteiger partial charge in [-0.25, -0.2) is 12.8 Å². The zero-order valence-electron chi connectivity index (χ0n) is 18.5. The van der Waals surface area contributed by atoms with E-state index < -0.39 is 21.7 Å². The Morgan fingerprint density at radius 2 is 1.88 bits per heavy atom. The number of hydrogen-bond donors (Lipinski definition) is 1. The summed E-state index contributed by atoms with van der Waals surface area (Å²) in [5, 5.41) is 2.79. The maximum Gasteiger partial charge on any atom is 0.262 e. The van der Waals surface area contributed by atoms with E-state index in [1.807, 2.05) is 18.7 Å². The molecule has 0 radical (unpaired) electrons. The number of nitrogens with one attached hydrogen (secondary N) is 1. The number of nitrogens with zero attached hydrogens (tertiary/aromatic N) is 2. The van der Waals surface area contributed by atoms with Crippen molar-refractivity contribution in [3.63, 3.8) is 0 Å². The Morgan fingerprint density at radius 3 is 2.52 bits per heavy atom. The van der Waals surface area contributed by atoms with Gasteiger partial charge in [0.2, 0.25) is 10.0 Å². The van der Waals surface area contributed by atoms with Crippen LogP contribution < -0.4 is 15.0 Å². The molecule has 1 heterocycles. The van der Waals surface area contributed by atoms with E-state index in [2.05, 4.69) is 5.32 Å². The average Bonchev–Trinajstić information content (AvgIpc) is 2.80. The third-order valence-corrected chi connectivity index (χ3v) is 7.40. The van der Waals surface area contributed by atoms with Crippen LogP contribution in [-0.2, 0) is 19.6 Å². The lowest BCUT2D eigenvalue weighted by Gasteiger charge is -2.28. The monoisotopic (exact) mass is 499 g/mol. The molecular weight excluding hydrogens is 473 g/mol. The summed E-state index contributed by atoms with van der Waals surface area (Å²) in [5.41, 5.74) is 1.04. The first-order chi connectivity index (χ1) is 15.8. The number of halogens is 2. The van der Waals surface area contributed by atoms with Crippen molar-refractivity contribution in [3.8, 4) is 5.75 Å². The summed E-state index contributed by atoms with van der Waals surface area (Å²) in [4.78, 5) is 14.7. The lowest BCUT2D eigenvalue weighted by Crippen LogP contribution is -2.40. The summed E-state index contributed by atoms with van der Waals surface area (Å²) in [6.07, 6.45) is 0. The van der Waals surface area contributed by atoms with Crippen molar-refractivity contribution in [3.05, 3.63) is 47.2 Å². The second-order valence-corrected chi connectivity index (χ2v) is 9.62. The maximum atomic E-state index is 13.2. The van der Waals surface area contributed by atoms with Gasteiger partial charge >= 0.3 is 0 Å². The number of ether oxygens (including phenoxy) is 2. The van der Waals surface area contributed by atoms with Gasteiger partial charge in [-0.2, -0.15) is 4.31 Å². The molecule has 1 saturated heterocycles. The van der Waals surface area contributed by atoms with E-state index in [1.165, 1.54) is 22.5 Å². The lowest BCUT2D eigenvalue weighted by atomic mass is 10.2. The fourth-order valence-electron chi connectivity index (χ4n) is 3.47. The van der Waals surface area contributed by atoms with Gasteiger partial charge in [-0.1, -0.05) is 11.6 Å². The van der Waals surface area contributed by atoms with Crippen LogP contribution in [0.5, 0.6) is 5.75 Å². The first-order valence-corrected chi connectivity index (χ1v) is 12.4. The molecule has 2 aromatic carbocycles.